The molecule has 36 heavy (non-hydrogen) atoms. The molecule has 1 aromatic carbocycles. The first-order valence-corrected chi connectivity index (χ1v) is 13.0. The lowest BCUT2D eigenvalue weighted by atomic mass is 10.1. The molecule has 4 rings (SSSR count). The topological polar surface area (TPSA) is 126 Å². The van der Waals surface area contributed by atoms with Crippen molar-refractivity contribution >= 4 is 22.0 Å². The van der Waals surface area contributed by atoms with Crippen LogP contribution in [0.5, 0.6) is 0 Å². The maximum Gasteiger partial charge on any atom is 0.416 e. The van der Waals surface area contributed by atoms with E-state index in [0.717, 1.165) is 12.1 Å². The number of carbonyl (C=O) groups excluding carboxylic acids is 2. The number of hydrogen-bond donors (Lipinski definition) is 2. The minimum absolute atomic E-state index is 0.0166. The smallest absolute Gasteiger partial charge is 0.350 e. The van der Waals surface area contributed by atoms with Gasteiger partial charge in [-0.05, 0) is 30.5 Å². The molecule has 0 saturated carbocycles. The van der Waals surface area contributed by atoms with Crippen molar-refractivity contribution < 1.29 is 31.2 Å². The quantitative estimate of drug-likeness (QED) is 0.547. The molecule has 3 fully saturated rings. The normalized spacial score (nSPS) is 24.2. The third-order valence-electron chi connectivity index (χ3n) is 6.71. The van der Waals surface area contributed by atoms with Gasteiger partial charge in [-0.3, -0.25) is 9.59 Å². The van der Waals surface area contributed by atoms with E-state index in [9.17, 15) is 31.2 Å². The molecule has 2 amide bonds. The van der Waals surface area contributed by atoms with Crippen LogP contribution in [0.3, 0.4) is 0 Å². The van der Waals surface area contributed by atoms with Crippen molar-refractivity contribution in [1.29, 1.82) is 5.26 Å². The van der Waals surface area contributed by atoms with Crippen LogP contribution in [-0.4, -0.2) is 85.1 Å². The van der Waals surface area contributed by atoms with Gasteiger partial charge in [-0.25, -0.2) is 0 Å². The molecule has 0 unspecified atom stereocenters. The number of rotatable bonds is 6. The molecule has 196 valence electrons. The molecule has 3 aliphatic heterocycles. The number of carbonyl (C=O) groups is 2. The summed E-state index contributed by atoms with van der Waals surface area (Å²) < 4.78 is 66.3. The first-order chi connectivity index (χ1) is 17.0. The first kappa shape index (κ1) is 26.3. The van der Waals surface area contributed by atoms with Crippen molar-refractivity contribution in [3.63, 3.8) is 0 Å². The second-order valence-electron chi connectivity index (χ2n) is 9.12. The van der Waals surface area contributed by atoms with Crippen LogP contribution in [0.15, 0.2) is 24.3 Å². The van der Waals surface area contributed by atoms with Crippen molar-refractivity contribution in [1.82, 2.24) is 24.1 Å². The highest BCUT2D eigenvalue weighted by Crippen LogP contribution is 2.29. The van der Waals surface area contributed by atoms with E-state index in [4.69, 9.17) is 5.26 Å². The molecule has 0 spiro atoms. The van der Waals surface area contributed by atoms with Crippen LogP contribution in [0, 0.1) is 17.2 Å². The van der Waals surface area contributed by atoms with Gasteiger partial charge in [-0.2, -0.15) is 35.5 Å². The van der Waals surface area contributed by atoms with Crippen molar-refractivity contribution in [3.05, 3.63) is 35.4 Å². The molecule has 14 heteroatoms. The Balaban J connectivity index is 1.34. The monoisotopic (exact) mass is 528 g/mol. The predicted octanol–water partition coefficient (Wildman–Crippen LogP) is 0.287. The molecule has 3 aliphatic rings. The molecule has 0 aromatic heterocycles. The Hall–Kier alpha value is -2.73. The van der Waals surface area contributed by atoms with Crippen LogP contribution in [0.4, 0.5) is 13.2 Å². The third kappa shape index (κ3) is 5.49. The van der Waals surface area contributed by atoms with Gasteiger partial charge < -0.3 is 15.5 Å². The number of likely N-dealkylation sites (tertiary alicyclic amines) is 1. The number of nitriles is 1. The molecule has 0 bridgehead atoms. The lowest BCUT2D eigenvalue weighted by molar-refractivity contribution is -0.140. The zero-order chi connectivity index (χ0) is 26.1. The molecule has 10 nitrogen and oxygen atoms in total. The van der Waals surface area contributed by atoms with Crippen LogP contribution in [0.1, 0.15) is 24.0 Å². The van der Waals surface area contributed by atoms with E-state index in [1.807, 2.05) is 6.07 Å². The van der Waals surface area contributed by atoms with Gasteiger partial charge in [-0.15, -0.1) is 0 Å². The largest absolute Gasteiger partial charge is 0.416 e. The van der Waals surface area contributed by atoms with Crippen LogP contribution >= 0.6 is 0 Å². The number of alkyl halides is 3. The Morgan fingerprint density at radius 2 is 1.81 bits per heavy atom. The fraction of sp³-hybridized carbons (Fsp3) is 0.591. The second kappa shape index (κ2) is 10.3. The summed E-state index contributed by atoms with van der Waals surface area (Å²) in [6.07, 6.45) is -3.41. The van der Waals surface area contributed by atoms with Crippen molar-refractivity contribution in [2.45, 2.75) is 37.6 Å². The SMILES string of the molecule is N#CC1CN(S(=O)(=O)N2CCN[C@H](C(=O)N3CCC[C@@H]3C(=O)NCc3ccc(C(F)(F)F)cc3)C2)C1. The number of piperazine rings is 1. The summed E-state index contributed by atoms with van der Waals surface area (Å²) in [5.74, 6) is -1.11. The molecule has 3 saturated heterocycles. The maximum absolute atomic E-state index is 13.2. The Kier molecular flexibility index (Phi) is 7.56. The van der Waals surface area contributed by atoms with Gasteiger partial charge in [0.05, 0.1) is 17.6 Å². The van der Waals surface area contributed by atoms with Gasteiger partial charge in [0, 0.05) is 45.8 Å². The zero-order valence-corrected chi connectivity index (χ0v) is 20.2. The summed E-state index contributed by atoms with van der Waals surface area (Å²) in [6, 6.07) is 4.95. The van der Waals surface area contributed by atoms with Crippen molar-refractivity contribution in [3.8, 4) is 6.07 Å². The zero-order valence-electron chi connectivity index (χ0n) is 19.4. The van der Waals surface area contributed by atoms with Crippen LogP contribution < -0.4 is 10.6 Å². The molecule has 0 radical (unpaired) electrons. The summed E-state index contributed by atoms with van der Waals surface area (Å²) in [5.41, 5.74) is -0.285. The average Bonchev–Trinajstić information content (AvgIpc) is 3.31. The molecular weight excluding hydrogens is 501 g/mol. The van der Waals surface area contributed by atoms with Gasteiger partial charge in [-0.1, -0.05) is 12.1 Å². The number of halogens is 3. The number of nitrogens with zero attached hydrogens (tertiary/aromatic N) is 4. The van der Waals surface area contributed by atoms with Crippen LogP contribution in [0.2, 0.25) is 0 Å². The highest BCUT2D eigenvalue weighted by Gasteiger charge is 2.44. The van der Waals surface area contributed by atoms with E-state index in [2.05, 4.69) is 10.6 Å². The van der Waals surface area contributed by atoms with Gasteiger partial charge in [0.25, 0.3) is 10.2 Å². The van der Waals surface area contributed by atoms with Gasteiger partial charge in [0.15, 0.2) is 0 Å². The van der Waals surface area contributed by atoms with E-state index in [1.165, 1.54) is 25.6 Å². The van der Waals surface area contributed by atoms with Gasteiger partial charge in [0.1, 0.15) is 12.1 Å². The fourth-order valence-corrected chi connectivity index (χ4v) is 6.31. The van der Waals surface area contributed by atoms with E-state index >= 15 is 0 Å². The first-order valence-electron chi connectivity index (χ1n) is 11.6. The van der Waals surface area contributed by atoms with Gasteiger partial charge >= 0.3 is 6.18 Å². The summed E-state index contributed by atoms with van der Waals surface area (Å²) in [7, 11) is -3.78. The molecule has 1 aromatic rings. The summed E-state index contributed by atoms with van der Waals surface area (Å²) in [4.78, 5) is 27.5. The lowest BCUT2D eigenvalue weighted by Gasteiger charge is -2.41. The molecular formula is C22H27F3N6O4S. The summed E-state index contributed by atoms with van der Waals surface area (Å²) in [6.45, 7) is 1.01. The number of nitrogens with one attached hydrogen (secondary N) is 2. The average molecular weight is 529 g/mol. The van der Waals surface area contributed by atoms with Crippen molar-refractivity contribution in [2.24, 2.45) is 5.92 Å². The Labute approximate surface area is 207 Å². The number of amides is 2. The molecule has 3 heterocycles. The fourth-order valence-electron chi connectivity index (χ4n) is 4.59. The Morgan fingerprint density at radius 1 is 1.11 bits per heavy atom. The van der Waals surface area contributed by atoms with E-state index in [-0.39, 0.29) is 51.1 Å². The predicted molar refractivity (Wildman–Crippen MR) is 121 cm³/mol. The van der Waals surface area contributed by atoms with E-state index < -0.39 is 39.9 Å². The summed E-state index contributed by atoms with van der Waals surface area (Å²) >= 11 is 0. The number of hydrogen-bond acceptors (Lipinski definition) is 6. The number of benzene rings is 1. The third-order valence-corrected chi connectivity index (χ3v) is 8.64. The van der Waals surface area contributed by atoms with Crippen LogP contribution in [-0.2, 0) is 32.5 Å². The highest BCUT2D eigenvalue weighted by atomic mass is 32.2. The van der Waals surface area contributed by atoms with Crippen molar-refractivity contribution in [2.75, 3.05) is 39.3 Å². The maximum atomic E-state index is 13.2. The minimum Gasteiger partial charge on any atom is -0.350 e. The molecule has 0 aliphatic carbocycles. The second-order valence-corrected chi connectivity index (χ2v) is 11.0. The van der Waals surface area contributed by atoms with E-state index in [0.29, 0.717) is 24.9 Å². The Bertz CT molecular complexity index is 1130. The van der Waals surface area contributed by atoms with Gasteiger partial charge in [0.2, 0.25) is 11.8 Å². The molecule has 2 atom stereocenters. The van der Waals surface area contributed by atoms with Crippen LogP contribution in [0.25, 0.3) is 0 Å². The minimum atomic E-state index is -4.44. The Morgan fingerprint density at radius 3 is 2.44 bits per heavy atom. The lowest BCUT2D eigenvalue weighted by Crippen LogP contribution is -2.63. The standard InChI is InChI=1S/C22H27F3N6O4S/c23-22(24,25)17-5-3-15(4-6-17)11-28-20(32)19-2-1-8-31(19)21(33)18-14-29(9-7-27-18)36(34,35)30-12-16(10-26)13-30/h3-6,16,18-19,27H,1-2,7-9,11-14H2,(H,28,32)/t18-,19+/m0/s1. The molecule has 2 N–H and O–H groups in total. The summed E-state index contributed by atoms with van der Waals surface area (Å²) in [5, 5.41) is 14.6. The highest BCUT2D eigenvalue weighted by molar-refractivity contribution is 7.86. The van der Waals surface area contributed by atoms with E-state index in [1.54, 1.807) is 0 Å².